The van der Waals surface area contributed by atoms with Crippen LogP contribution >= 0.6 is 11.6 Å². The summed E-state index contributed by atoms with van der Waals surface area (Å²) in [4.78, 5) is 9.65. The molecule has 1 rings (SSSR count). The fourth-order valence-corrected chi connectivity index (χ4v) is 1.22. The molecule has 0 saturated heterocycles. The Labute approximate surface area is 87.2 Å². The largest absolute Gasteiger partial charge is 0.337 e. The minimum absolute atomic E-state index is 0.363. The lowest BCUT2D eigenvalue weighted by Crippen LogP contribution is -1.90. The third-order valence-corrected chi connectivity index (χ3v) is 2.07. The molecule has 1 aromatic carbocycles. The second-order valence-electron chi connectivity index (χ2n) is 2.82. The topological polar surface area (TPSA) is 43.1 Å². The Hall–Kier alpha value is -1.35. The molecule has 0 spiro atoms. The Morgan fingerprint density at radius 2 is 2.36 bits per heavy atom. The van der Waals surface area contributed by atoms with Crippen LogP contribution in [0.4, 0.5) is 0 Å². The van der Waals surface area contributed by atoms with Crippen molar-refractivity contribution in [1.29, 1.82) is 0 Å². The molecule has 0 radical (unpaired) electrons. The Bertz CT molecular complexity index is 374. The molecular formula is C10H10ClNO2. The van der Waals surface area contributed by atoms with Crippen molar-refractivity contribution in [2.75, 3.05) is 0 Å². The Morgan fingerprint density at radius 1 is 1.64 bits per heavy atom. The normalized spacial score (nSPS) is 11.4. The van der Waals surface area contributed by atoms with Gasteiger partial charge in [0.25, 0.3) is 0 Å². The smallest absolute Gasteiger partial charge is 0.257 e. The van der Waals surface area contributed by atoms with Gasteiger partial charge in [-0.15, -0.1) is 0 Å². The van der Waals surface area contributed by atoms with E-state index >= 15 is 0 Å². The van der Waals surface area contributed by atoms with Crippen molar-refractivity contribution in [1.82, 2.24) is 0 Å². The zero-order valence-corrected chi connectivity index (χ0v) is 8.49. The van der Waals surface area contributed by atoms with E-state index in [2.05, 4.69) is 0 Å². The Balaban J connectivity index is 2.97. The van der Waals surface area contributed by atoms with Crippen molar-refractivity contribution in [2.45, 2.75) is 13.3 Å². The number of hydrogen-bond donors (Lipinski definition) is 0. The highest BCUT2D eigenvalue weighted by Gasteiger charge is 2.04. The van der Waals surface area contributed by atoms with Crippen molar-refractivity contribution < 1.29 is 4.92 Å². The maximum absolute atomic E-state index is 10.3. The van der Waals surface area contributed by atoms with Crippen LogP contribution in [-0.4, -0.2) is 4.92 Å². The molecular weight excluding hydrogens is 202 g/mol. The van der Waals surface area contributed by atoms with E-state index in [9.17, 15) is 10.1 Å². The van der Waals surface area contributed by atoms with Crippen molar-refractivity contribution >= 4 is 17.7 Å². The van der Waals surface area contributed by atoms with Crippen molar-refractivity contribution in [3.8, 4) is 0 Å². The Kier molecular flexibility index (Phi) is 3.65. The second-order valence-corrected chi connectivity index (χ2v) is 3.21. The van der Waals surface area contributed by atoms with E-state index < -0.39 is 4.92 Å². The third kappa shape index (κ3) is 2.85. The average Bonchev–Trinajstić information content (AvgIpc) is 2.18. The van der Waals surface area contributed by atoms with Gasteiger partial charge in [-0.25, -0.2) is 0 Å². The van der Waals surface area contributed by atoms with Crippen LogP contribution in [0.2, 0.25) is 0 Å². The summed E-state index contributed by atoms with van der Waals surface area (Å²) < 4.78 is 0. The van der Waals surface area contributed by atoms with Crippen LogP contribution in [0.25, 0.3) is 6.08 Å². The SMILES string of the molecule is CCc1cccc(C=C(Cl)[N+](=O)[O-])c1. The molecule has 0 aromatic heterocycles. The van der Waals surface area contributed by atoms with Gasteiger partial charge in [0.1, 0.15) is 0 Å². The molecule has 0 bridgehead atoms. The summed E-state index contributed by atoms with van der Waals surface area (Å²) in [6.45, 7) is 2.03. The average molecular weight is 212 g/mol. The summed E-state index contributed by atoms with van der Waals surface area (Å²) >= 11 is 5.41. The number of benzene rings is 1. The van der Waals surface area contributed by atoms with Gasteiger partial charge < -0.3 is 0 Å². The molecule has 3 nitrogen and oxygen atoms in total. The number of halogens is 1. The summed E-state index contributed by atoms with van der Waals surface area (Å²) in [5.41, 5.74) is 1.89. The highest BCUT2D eigenvalue weighted by atomic mass is 35.5. The van der Waals surface area contributed by atoms with Gasteiger partial charge in [-0.2, -0.15) is 0 Å². The summed E-state index contributed by atoms with van der Waals surface area (Å²) in [6.07, 6.45) is 2.25. The van der Waals surface area contributed by atoms with E-state index in [4.69, 9.17) is 11.6 Å². The maximum atomic E-state index is 10.3. The third-order valence-electron chi connectivity index (χ3n) is 1.82. The fraction of sp³-hybridized carbons (Fsp3) is 0.200. The van der Waals surface area contributed by atoms with Gasteiger partial charge in [0.05, 0.1) is 4.92 Å². The van der Waals surface area contributed by atoms with Crippen molar-refractivity contribution in [2.24, 2.45) is 0 Å². The standard InChI is InChI=1S/C10H10ClNO2/c1-2-8-4-3-5-9(6-8)7-10(11)12(13)14/h3-7H,2H2,1H3. The predicted octanol–water partition coefficient (Wildman–Crippen LogP) is 3.06. The number of rotatable bonds is 3. The molecule has 74 valence electrons. The maximum Gasteiger partial charge on any atom is 0.337 e. The van der Waals surface area contributed by atoms with Gasteiger partial charge >= 0.3 is 5.16 Å². The molecule has 0 unspecified atom stereocenters. The van der Waals surface area contributed by atoms with Crippen molar-refractivity contribution in [3.05, 3.63) is 50.7 Å². The van der Waals surface area contributed by atoms with E-state index in [0.29, 0.717) is 0 Å². The molecule has 1 aromatic rings. The van der Waals surface area contributed by atoms with E-state index in [1.807, 2.05) is 25.1 Å². The molecule has 0 fully saturated rings. The summed E-state index contributed by atoms with van der Waals surface area (Å²) in [5, 5.41) is 9.90. The van der Waals surface area contributed by atoms with Crippen LogP contribution in [0.1, 0.15) is 18.1 Å². The lowest BCUT2D eigenvalue weighted by atomic mass is 10.1. The molecule has 4 heteroatoms. The number of nitro groups is 1. The zero-order valence-electron chi connectivity index (χ0n) is 7.74. The molecule has 0 saturated carbocycles. The Morgan fingerprint density at radius 3 is 2.93 bits per heavy atom. The highest BCUT2D eigenvalue weighted by Crippen LogP contribution is 2.12. The van der Waals surface area contributed by atoms with Crippen LogP contribution < -0.4 is 0 Å². The van der Waals surface area contributed by atoms with Gasteiger partial charge in [-0.3, -0.25) is 10.1 Å². The van der Waals surface area contributed by atoms with Crippen molar-refractivity contribution in [3.63, 3.8) is 0 Å². The molecule has 0 heterocycles. The quantitative estimate of drug-likeness (QED) is 0.438. The van der Waals surface area contributed by atoms with Crippen LogP contribution in [-0.2, 0) is 6.42 Å². The van der Waals surface area contributed by atoms with Crippen LogP contribution in [0.5, 0.6) is 0 Å². The van der Waals surface area contributed by atoms with Gasteiger partial charge in [0.2, 0.25) is 0 Å². The minimum Gasteiger partial charge on any atom is -0.257 e. The van der Waals surface area contributed by atoms with E-state index in [1.165, 1.54) is 6.08 Å². The molecule has 0 atom stereocenters. The van der Waals surface area contributed by atoms with E-state index in [-0.39, 0.29) is 5.16 Å². The molecule has 0 amide bonds. The monoisotopic (exact) mass is 211 g/mol. The fourth-order valence-electron chi connectivity index (χ4n) is 1.09. The molecule has 0 aliphatic rings. The van der Waals surface area contributed by atoms with Crippen LogP contribution in [0.15, 0.2) is 29.4 Å². The first-order valence-corrected chi connectivity index (χ1v) is 4.62. The van der Waals surface area contributed by atoms with Gasteiger partial charge in [-0.05, 0) is 29.1 Å². The first-order chi connectivity index (χ1) is 6.63. The molecule has 0 aliphatic heterocycles. The van der Waals surface area contributed by atoms with Gasteiger partial charge in [-0.1, -0.05) is 31.2 Å². The number of nitrogens with zero attached hydrogens (tertiary/aromatic N) is 1. The number of hydrogen-bond acceptors (Lipinski definition) is 2. The van der Waals surface area contributed by atoms with Gasteiger partial charge in [0, 0.05) is 6.08 Å². The summed E-state index contributed by atoms with van der Waals surface area (Å²) in [6, 6.07) is 7.49. The van der Waals surface area contributed by atoms with E-state index in [0.717, 1.165) is 17.5 Å². The predicted molar refractivity (Wildman–Crippen MR) is 56.6 cm³/mol. The number of aryl methyl sites for hydroxylation is 1. The summed E-state index contributed by atoms with van der Waals surface area (Å²) in [7, 11) is 0. The first kappa shape index (κ1) is 10.7. The zero-order chi connectivity index (χ0) is 10.6. The molecule has 0 N–H and O–H groups in total. The minimum atomic E-state index is -0.611. The van der Waals surface area contributed by atoms with Gasteiger partial charge in [0.15, 0.2) is 0 Å². The van der Waals surface area contributed by atoms with E-state index in [1.54, 1.807) is 6.07 Å². The summed E-state index contributed by atoms with van der Waals surface area (Å²) in [5.74, 6) is 0. The first-order valence-electron chi connectivity index (χ1n) is 4.24. The highest BCUT2D eigenvalue weighted by molar-refractivity contribution is 6.29. The lowest BCUT2D eigenvalue weighted by molar-refractivity contribution is -0.410. The lowest BCUT2D eigenvalue weighted by Gasteiger charge is -1.97. The molecule has 0 aliphatic carbocycles. The van der Waals surface area contributed by atoms with Crippen LogP contribution in [0.3, 0.4) is 0 Å². The second kappa shape index (κ2) is 4.77. The van der Waals surface area contributed by atoms with Crippen LogP contribution in [0, 0.1) is 10.1 Å². The molecule has 14 heavy (non-hydrogen) atoms.